The quantitative estimate of drug-likeness (QED) is 0.624. The predicted molar refractivity (Wildman–Crippen MR) is 50.0 cm³/mol. The molecule has 0 amide bonds. The Morgan fingerprint density at radius 3 is 2.11 bits per heavy atom. The molecular weight excluding hydrogens is 148 g/mol. The van der Waals surface area contributed by atoms with Gasteiger partial charge in [0.15, 0.2) is 0 Å². The minimum atomic E-state index is 0.712. The molecule has 0 unspecified atom stereocenters. The monoisotopic (exact) mass is 162 g/mol. The number of allylic oxidation sites excluding steroid dienone is 1. The van der Waals surface area contributed by atoms with Crippen molar-refractivity contribution in [1.29, 1.82) is 0 Å². The number of rotatable bonds is 3. The maximum Gasteiger partial charge on any atom is 0.0357 e. The first-order chi connectivity index (χ1) is 4.20. The second-order valence-corrected chi connectivity index (χ2v) is 4.70. The fourth-order valence-electron chi connectivity index (χ4n) is 0.466. The van der Waals surface area contributed by atoms with Crippen molar-refractivity contribution in [3.63, 3.8) is 0 Å². The molecule has 0 atom stereocenters. The molecule has 0 radical (unpaired) electrons. The predicted octanol–water partition coefficient (Wildman–Crippen LogP) is 3.35. The summed E-state index contributed by atoms with van der Waals surface area (Å²) < 4.78 is 1.42. The first-order valence-electron chi connectivity index (χ1n) is 3.07. The Labute approximate surface area is 66.5 Å². The van der Waals surface area contributed by atoms with E-state index in [2.05, 4.69) is 33.1 Å². The second kappa shape index (κ2) is 5.24. The van der Waals surface area contributed by atoms with Gasteiger partial charge in [-0.25, -0.2) is 0 Å². The van der Waals surface area contributed by atoms with E-state index in [1.807, 2.05) is 23.5 Å². The summed E-state index contributed by atoms with van der Waals surface area (Å²) in [6.45, 7) is 6.51. The maximum atomic E-state index is 2.21. The molecule has 0 saturated heterocycles. The molecule has 0 heterocycles. The lowest BCUT2D eigenvalue weighted by Gasteiger charge is -2.04. The third-order valence-corrected chi connectivity index (χ3v) is 3.15. The van der Waals surface area contributed by atoms with Crippen LogP contribution >= 0.6 is 23.5 Å². The molecule has 0 N–H and O–H groups in total. The van der Waals surface area contributed by atoms with E-state index in [1.54, 1.807) is 0 Å². The molecule has 0 fully saturated rings. The van der Waals surface area contributed by atoms with Gasteiger partial charge in [0.1, 0.15) is 0 Å². The highest BCUT2D eigenvalue weighted by Crippen LogP contribution is 2.29. The molecule has 0 aliphatic heterocycles. The highest BCUT2D eigenvalue weighted by molar-refractivity contribution is 8.22. The standard InChI is InChI=1S/C7H14S2/c1-5-7(8-4)9-6(2)3/h5-6H,1-4H3/b7-5+. The van der Waals surface area contributed by atoms with Crippen LogP contribution in [0.2, 0.25) is 0 Å². The second-order valence-electron chi connectivity index (χ2n) is 1.98. The van der Waals surface area contributed by atoms with E-state index < -0.39 is 0 Å². The van der Waals surface area contributed by atoms with Gasteiger partial charge in [-0.05, 0) is 13.2 Å². The molecule has 0 bridgehead atoms. The Balaban J connectivity index is 3.58. The van der Waals surface area contributed by atoms with Gasteiger partial charge in [0.25, 0.3) is 0 Å². The van der Waals surface area contributed by atoms with Gasteiger partial charge in [-0.15, -0.1) is 23.5 Å². The van der Waals surface area contributed by atoms with E-state index in [4.69, 9.17) is 0 Å². The Morgan fingerprint density at radius 1 is 1.44 bits per heavy atom. The van der Waals surface area contributed by atoms with Crippen molar-refractivity contribution in [2.75, 3.05) is 6.26 Å². The average molecular weight is 162 g/mol. The zero-order valence-corrected chi connectivity index (χ0v) is 8.10. The fourth-order valence-corrected chi connectivity index (χ4v) is 2.26. The van der Waals surface area contributed by atoms with Crippen molar-refractivity contribution in [3.05, 3.63) is 10.3 Å². The van der Waals surface area contributed by atoms with Crippen LogP contribution in [0.5, 0.6) is 0 Å². The lowest BCUT2D eigenvalue weighted by Crippen LogP contribution is -1.84. The summed E-state index contributed by atoms with van der Waals surface area (Å²) in [5.74, 6) is 0. The number of thioether (sulfide) groups is 2. The SMILES string of the molecule is C/C=C(\SC)SC(C)C. The molecule has 0 aromatic heterocycles. The summed E-state index contributed by atoms with van der Waals surface area (Å²) >= 11 is 3.75. The zero-order valence-electron chi connectivity index (χ0n) is 6.47. The highest BCUT2D eigenvalue weighted by Gasteiger charge is 1.96. The normalized spacial score (nSPS) is 12.8. The van der Waals surface area contributed by atoms with Gasteiger partial charge in [-0.3, -0.25) is 0 Å². The van der Waals surface area contributed by atoms with E-state index in [1.165, 1.54) is 4.24 Å². The zero-order chi connectivity index (χ0) is 7.28. The average Bonchev–Trinajstić information content (AvgIpc) is 1.82. The topological polar surface area (TPSA) is 0 Å². The minimum absolute atomic E-state index is 0.712. The Kier molecular flexibility index (Phi) is 5.50. The molecule has 0 aliphatic rings. The van der Waals surface area contributed by atoms with Crippen LogP contribution in [-0.4, -0.2) is 11.5 Å². The largest absolute Gasteiger partial charge is 0.123 e. The van der Waals surface area contributed by atoms with E-state index in [-0.39, 0.29) is 0 Å². The summed E-state index contributed by atoms with van der Waals surface area (Å²) in [5.41, 5.74) is 0. The fraction of sp³-hybridized carbons (Fsp3) is 0.714. The lowest BCUT2D eigenvalue weighted by atomic mass is 10.6. The molecule has 0 aromatic carbocycles. The van der Waals surface area contributed by atoms with Crippen molar-refractivity contribution >= 4 is 23.5 Å². The van der Waals surface area contributed by atoms with Crippen LogP contribution in [0.15, 0.2) is 10.3 Å². The molecule has 0 rings (SSSR count). The minimum Gasteiger partial charge on any atom is -0.123 e. The smallest absolute Gasteiger partial charge is 0.0357 e. The number of hydrogen-bond donors (Lipinski definition) is 0. The van der Waals surface area contributed by atoms with Gasteiger partial charge in [0.05, 0.1) is 0 Å². The van der Waals surface area contributed by atoms with Crippen LogP contribution in [0.1, 0.15) is 20.8 Å². The van der Waals surface area contributed by atoms with E-state index in [0.717, 1.165) is 0 Å². The molecule has 0 spiro atoms. The molecular formula is C7H14S2. The van der Waals surface area contributed by atoms with Gasteiger partial charge in [-0.2, -0.15) is 0 Å². The van der Waals surface area contributed by atoms with E-state index in [9.17, 15) is 0 Å². The third kappa shape index (κ3) is 4.91. The number of hydrogen-bond acceptors (Lipinski definition) is 2. The van der Waals surface area contributed by atoms with Crippen LogP contribution in [0, 0.1) is 0 Å². The first-order valence-corrected chi connectivity index (χ1v) is 5.18. The van der Waals surface area contributed by atoms with Crippen LogP contribution in [0.25, 0.3) is 0 Å². The van der Waals surface area contributed by atoms with Crippen LogP contribution in [0.3, 0.4) is 0 Å². The summed E-state index contributed by atoms with van der Waals surface area (Å²) in [7, 11) is 0. The van der Waals surface area contributed by atoms with Crippen molar-refractivity contribution in [2.24, 2.45) is 0 Å². The summed E-state index contributed by atoms with van der Waals surface area (Å²) in [5, 5.41) is 0.712. The van der Waals surface area contributed by atoms with Crippen molar-refractivity contribution < 1.29 is 0 Å². The molecule has 0 saturated carbocycles. The maximum absolute atomic E-state index is 2.21. The lowest BCUT2D eigenvalue weighted by molar-refractivity contribution is 1.12. The van der Waals surface area contributed by atoms with Crippen molar-refractivity contribution in [2.45, 2.75) is 26.0 Å². The van der Waals surface area contributed by atoms with Crippen LogP contribution < -0.4 is 0 Å². The van der Waals surface area contributed by atoms with Crippen molar-refractivity contribution in [3.8, 4) is 0 Å². The van der Waals surface area contributed by atoms with Gasteiger partial charge < -0.3 is 0 Å². The Bertz CT molecular complexity index is 95.1. The van der Waals surface area contributed by atoms with Gasteiger partial charge >= 0.3 is 0 Å². The molecule has 0 aliphatic carbocycles. The molecule has 54 valence electrons. The Hall–Kier alpha value is 0.440. The van der Waals surface area contributed by atoms with Gasteiger partial charge in [0.2, 0.25) is 0 Å². The third-order valence-electron chi connectivity index (χ3n) is 0.789. The molecule has 2 heteroatoms. The summed E-state index contributed by atoms with van der Waals surface area (Å²) in [6.07, 6.45) is 4.28. The highest BCUT2D eigenvalue weighted by atomic mass is 32.2. The van der Waals surface area contributed by atoms with Crippen LogP contribution in [0.4, 0.5) is 0 Å². The summed E-state index contributed by atoms with van der Waals surface area (Å²) in [6, 6.07) is 0. The molecule has 0 nitrogen and oxygen atoms in total. The molecule has 9 heavy (non-hydrogen) atoms. The van der Waals surface area contributed by atoms with Gasteiger partial charge in [-0.1, -0.05) is 19.9 Å². The van der Waals surface area contributed by atoms with Crippen LogP contribution in [-0.2, 0) is 0 Å². The summed E-state index contributed by atoms with van der Waals surface area (Å²) in [4.78, 5) is 0. The van der Waals surface area contributed by atoms with Gasteiger partial charge in [0, 0.05) is 9.49 Å². The molecule has 0 aromatic rings. The van der Waals surface area contributed by atoms with E-state index in [0.29, 0.717) is 5.25 Å². The van der Waals surface area contributed by atoms with E-state index >= 15 is 0 Å². The first kappa shape index (κ1) is 9.44. The Morgan fingerprint density at radius 2 is 2.00 bits per heavy atom. The van der Waals surface area contributed by atoms with Crippen molar-refractivity contribution in [1.82, 2.24) is 0 Å².